The molecule has 2 N–H and O–H groups in total. The minimum absolute atomic E-state index is 0.0178. The smallest absolute Gasteiger partial charge is 0.407 e. The summed E-state index contributed by atoms with van der Waals surface area (Å²) in [6, 6.07) is 9.50. The van der Waals surface area contributed by atoms with Crippen molar-refractivity contribution in [2.24, 2.45) is 0 Å². The standard InChI is InChI=1S/C19H21ClFNO5/c1-26-15-2-4-16(5-3-15)27-12-17-13(10-14(21)11-18(17)20)6-7-22(8-9-23)19(24)25/h2-5,10-11,23H,6-9,12H2,1H3,(H,24,25). The molecule has 0 radical (unpaired) electrons. The van der Waals surface area contributed by atoms with Gasteiger partial charge in [0.15, 0.2) is 0 Å². The number of benzene rings is 2. The number of amides is 1. The van der Waals surface area contributed by atoms with Crippen LogP contribution in [0.15, 0.2) is 36.4 Å². The molecule has 0 fully saturated rings. The molecule has 0 bridgehead atoms. The molecule has 0 aliphatic rings. The van der Waals surface area contributed by atoms with Gasteiger partial charge in [-0.15, -0.1) is 0 Å². The van der Waals surface area contributed by atoms with Gasteiger partial charge in [-0.3, -0.25) is 0 Å². The highest BCUT2D eigenvalue weighted by Gasteiger charge is 2.15. The number of carbonyl (C=O) groups is 1. The highest BCUT2D eigenvalue weighted by molar-refractivity contribution is 6.31. The van der Waals surface area contributed by atoms with Crippen molar-refractivity contribution in [1.82, 2.24) is 4.90 Å². The molecule has 0 atom stereocenters. The Morgan fingerprint density at radius 3 is 2.44 bits per heavy atom. The average molecular weight is 398 g/mol. The van der Waals surface area contributed by atoms with Gasteiger partial charge in [-0.2, -0.15) is 0 Å². The van der Waals surface area contributed by atoms with Crippen LogP contribution in [0.2, 0.25) is 5.02 Å². The first-order valence-corrected chi connectivity index (χ1v) is 8.64. The molecule has 1 amide bonds. The van der Waals surface area contributed by atoms with Crippen LogP contribution in [0.25, 0.3) is 0 Å². The van der Waals surface area contributed by atoms with E-state index in [-0.39, 0.29) is 37.7 Å². The molecule has 2 aromatic rings. The number of hydrogen-bond donors (Lipinski definition) is 2. The molecular formula is C19H21ClFNO5. The Kier molecular flexibility index (Phi) is 7.69. The number of aliphatic hydroxyl groups excluding tert-OH is 1. The van der Waals surface area contributed by atoms with Crippen LogP contribution < -0.4 is 9.47 Å². The molecule has 0 unspecified atom stereocenters. The minimum Gasteiger partial charge on any atom is -0.497 e. The highest BCUT2D eigenvalue weighted by Crippen LogP contribution is 2.25. The maximum atomic E-state index is 13.8. The van der Waals surface area contributed by atoms with E-state index >= 15 is 0 Å². The van der Waals surface area contributed by atoms with Crippen molar-refractivity contribution in [1.29, 1.82) is 0 Å². The SMILES string of the molecule is COc1ccc(OCc2c(Cl)cc(F)cc2CCN(CCO)C(=O)O)cc1. The van der Waals surface area contributed by atoms with E-state index in [1.165, 1.54) is 12.1 Å². The first kappa shape index (κ1) is 20.8. The number of halogens is 2. The van der Waals surface area contributed by atoms with Gasteiger partial charge in [0.2, 0.25) is 0 Å². The molecule has 6 nitrogen and oxygen atoms in total. The molecule has 0 aromatic heterocycles. The molecule has 0 aliphatic carbocycles. The summed E-state index contributed by atoms with van der Waals surface area (Å²) in [4.78, 5) is 12.2. The number of hydrogen-bond acceptors (Lipinski definition) is 4. The minimum atomic E-state index is -1.15. The number of nitrogens with zero attached hydrogens (tertiary/aromatic N) is 1. The van der Waals surface area contributed by atoms with Crippen LogP contribution in [0, 0.1) is 5.82 Å². The van der Waals surface area contributed by atoms with Crippen molar-refractivity contribution >= 4 is 17.7 Å². The maximum Gasteiger partial charge on any atom is 0.407 e. The second-order valence-electron chi connectivity index (χ2n) is 5.73. The van der Waals surface area contributed by atoms with Crippen LogP contribution in [0.4, 0.5) is 9.18 Å². The second-order valence-corrected chi connectivity index (χ2v) is 6.14. The number of aliphatic hydroxyl groups is 1. The molecule has 2 aromatic carbocycles. The van der Waals surface area contributed by atoms with Gasteiger partial charge < -0.3 is 24.6 Å². The van der Waals surface area contributed by atoms with E-state index in [2.05, 4.69) is 0 Å². The number of rotatable bonds is 9. The van der Waals surface area contributed by atoms with Crippen LogP contribution >= 0.6 is 11.6 Å². The summed E-state index contributed by atoms with van der Waals surface area (Å²) in [5.41, 5.74) is 1.14. The van der Waals surface area contributed by atoms with Crippen LogP contribution in [-0.2, 0) is 13.0 Å². The predicted molar refractivity (Wildman–Crippen MR) is 99.1 cm³/mol. The van der Waals surface area contributed by atoms with Gasteiger partial charge in [0.05, 0.1) is 18.7 Å². The quantitative estimate of drug-likeness (QED) is 0.676. The highest BCUT2D eigenvalue weighted by atomic mass is 35.5. The molecule has 0 heterocycles. The molecular weight excluding hydrogens is 377 g/mol. The van der Waals surface area contributed by atoms with E-state index in [1.807, 2.05) is 0 Å². The summed E-state index contributed by atoms with van der Waals surface area (Å²) in [5, 5.41) is 18.3. The first-order chi connectivity index (χ1) is 12.9. The Hall–Kier alpha value is -2.51. The molecule has 146 valence electrons. The van der Waals surface area contributed by atoms with Gasteiger partial charge in [0, 0.05) is 18.7 Å². The van der Waals surface area contributed by atoms with Gasteiger partial charge in [-0.25, -0.2) is 9.18 Å². The van der Waals surface area contributed by atoms with E-state index < -0.39 is 11.9 Å². The first-order valence-electron chi connectivity index (χ1n) is 8.27. The second kappa shape index (κ2) is 9.99. The van der Waals surface area contributed by atoms with E-state index in [0.29, 0.717) is 22.6 Å². The van der Waals surface area contributed by atoms with Crippen LogP contribution in [0.3, 0.4) is 0 Å². The third kappa shape index (κ3) is 6.01. The fourth-order valence-electron chi connectivity index (χ4n) is 2.55. The fraction of sp³-hybridized carbons (Fsp3) is 0.316. The summed E-state index contributed by atoms with van der Waals surface area (Å²) in [5.74, 6) is 0.780. The number of methoxy groups -OCH3 is 1. The van der Waals surface area contributed by atoms with E-state index in [4.69, 9.17) is 31.3 Å². The summed E-state index contributed by atoms with van der Waals surface area (Å²) in [6.45, 7) is -0.0984. The van der Waals surface area contributed by atoms with Gasteiger partial charge >= 0.3 is 6.09 Å². The molecule has 0 spiro atoms. The normalized spacial score (nSPS) is 10.5. The van der Waals surface area contributed by atoms with E-state index in [1.54, 1.807) is 31.4 Å². The summed E-state index contributed by atoms with van der Waals surface area (Å²) >= 11 is 6.18. The Morgan fingerprint density at radius 2 is 1.85 bits per heavy atom. The molecule has 0 aliphatic heterocycles. The monoisotopic (exact) mass is 397 g/mol. The predicted octanol–water partition coefficient (Wildman–Crippen LogP) is 3.58. The third-order valence-corrected chi connectivity index (χ3v) is 4.32. The molecule has 0 saturated carbocycles. The van der Waals surface area contributed by atoms with Gasteiger partial charge in [-0.05, 0) is 48.4 Å². The van der Waals surface area contributed by atoms with Crippen LogP contribution in [-0.4, -0.2) is 48.0 Å². The zero-order chi connectivity index (χ0) is 19.8. The van der Waals surface area contributed by atoms with Crippen molar-refractivity contribution in [3.05, 3.63) is 58.4 Å². The molecule has 2 rings (SSSR count). The van der Waals surface area contributed by atoms with Gasteiger partial charge in [0.1, 0.15) is 23.9 Å². The van der Waals surface area contributed by atoms with Crippen LogP contribution in [0.5, 0.6) is 11.5 Å². The zero-order valence-corrected chi connectivity index (χ0v) is 15.6. The molecule has 27 heavy (non-hydrogen) atoms. The summed E-state index contributed by atoms with van der Waals surface area (Å²) < 4.78 is 24.6. The van der Waals surface area contributed by atoms with Crippen molar-refractivity contribution in [3.8, 4) is 11.5 Å². The van der Waals surface area contributed by atoms with Crippen molar-refractivity contribution in [3.63, 3.8) is 0 Å². The lowest BCUT2D eigenvalue weighted by Crippen LogP contribution is -2.34. The lowest BCUT2D eigenvalue weighted by molar-refractivity contribution is 0.132. The van der Waals surface area contributed by atoms with Crippen molar-refractivity contribution in [2.45, 2.75) is 13.0 Å². The van der Waals surface area contributed by atoms with Crippen molar-refractivity contribution < 1.29 is 28.9 Å². The maximum absolute atomic E-state index is 13.8. The number of carboxylic acid groups (broad SMARTS) is 1. The topological polar surface area (TPSA) is 79.2 Å². The number of ether oxygens (including phenoxy) is 2. The Morgan fingerprint density at radius 1 is 1.19 bits per heavy atom. The lowest BCUT2D eigenvalue weighted by atomic mass is 10.0. The Balaban J connectivity index is 2.13. The van der Waals surface area contributed by atoms with Gasteiger partial charge in [-0.1, -0.05) is 11.6 Å². The largest absolute Gasteiger partial charge is 0.497 e. The average Bonchev–Trinajstić information content (AvgIpc) is 2.64. The summed E-state index contributed by atoms with van der Waals surface area (Å²) in [6.07, 6.45) is -0.909. The Bertz CT molecular complexity index is 769. The van der Waals surface area contributed by atoms with Gasteiger partial charge in [0.25, 0.3) is 0 Å². The zero-order valence-electron chi connectivity index (χ0n) is 14.8. The van der Waals surface area contributed by atoms with E-state index in [9.17, 15) is 9.18 Å². The lowest BCUT2D eigenvalue weighted by Gasteiger charge is -2.19. The summed E-state index contributed by atoms with van der Waals surface area (Å²) in [7, 11) is 1.57. The molecule has 8 heteroatoms. The van der Waals surface area contributed by atoms with Crippen molar-refractivity contribution in [2.75, 3.05) is 26.8 Å². The Labute approximate surface area is 161 Å². The molecule has 0 saturated heterocycles. The third-order valence-electron chi connectivity index (χ3n) is 3.99. The van der Waals surface area contributed by atoms with E-state index in [0.717, 1.165) is 4.90 Å². The van der Waals surface area contributed by atoms with Crippen LogP contribution in [0.1, 0.15) is 11.1 Å². The fourth-order valence-corrected chi connectivity index (χ4v) is 2.83.